The van der Waals surface area contributed by atoms with Crippen molar-refractivity contribution in [1.29, 1.82) is 0 Å². The summed E-state index contributed by atoms with van der Waals surface area (Å²) in [6.45, 7) is 3.33. The predicted octanol–water partition coefficient (Wildman–Crippen LogP) is 3.47. The van der Waals surface area contributed by atoms with Crippen molar-refractivity contribution in [2.45, 2.75) is 6.42 Å². The van der Waals surface area contributed by atoms with E-state index < -0.39 is 0 Å². The second kappa shape index (κ2) is 18.1. The molecular formula is C35H39N5O8S4. The number of carbonyl (C=O) groups excluding carboxylic acids is 4. The molecule has 0 bridgehead atoms. The quantitative estimate of drug-likeness (QED) is 0.222. The van der Waals surface area contributed by atoms with Crippen LogP contribution < -0.4 is 24.3 Å². The van der Waals surface area contributed by atoms with Crippen LogP contribution >= 0.6 is 48.0 Å². The minimum absolute atomic E-state index is 0.110. The molecule has 0 saturated carbocycles. The van der Waals surface area contributed by atoms with Gasteiger partial charge in [-0.3, -0.25) is 33.9 Å². The zero-order valence-corrected chi connectivity index (χ0v) is 32.4. The monoisotopic (exact) mass is 785 g/mol. The molecule has 3 fully saturated rings. The van der Waals surface area contributed by atoms with Crippen molar-refractivity contribution in [2.75, 3.05) is 80.8 Å². The third-order valence-corrected chi connectivity index (χ3v) is 11.2. The second-order valence-corrected chi connectivity index (χ2v) is 15.0. The lowest BCUT2D eigenvalue weighted by Crippen LogP contribution is -2.52. The summed E-state index contributed by atoms with van der Waals surface area (Å²) in [6.07, 6.45) is 3.57. The maximum absolute atomic E-state index is 13.2. The summed E-state index contributed by atoms with van der Waals surface area (Å²) < 4.78 is 22.0. The smallest absolute Gasteiger partial charge is 0.266 e. The van der Waals surface area contributed by atoms with E-state index >= 15 is 0 Å². The Kier molecular flexibility index (Phi) is 13.6. The Hall–Kier alpha value is -4.16. The Bertz CT molecular complexity index is 1810. The Labute approximate surface area is 321 Å². The molecule has 3 heterocycles. The molecule has 0 aliphatic carbocycles. The van der Waals surface area contributed by atoms with Gasteiger partial charge < -0.3 is 29.2 Å². The highest BCUT2D eigenvalue weighted by molar-refractivity contribution is 8.27. The number of amides is 4. The maximum Gasteiger partial charge on any atom is 0.266 e. The number of ether oxygens (including phenoxy) is 4. The minimum atomic E-state index is -0.311. The summed E-state index contributed by atoms with van der Waals surface area (Å²) >= 11 is 13.2. The molecule has 0 unspecified atom stereocenters. The van der Waals surface area contributed by atoms with Crippen molar-refractivity contribution in [3.8, 4) is 23.0 Å². The number of carbonyl (C=O) groups is 4. The molecule has 17 heteroatoms. The van der Waals surface area contributed by atoms with E-state index in [-0.39, 0.29) is 43.1 Å². The van der Waals surface area contributed by atoms with Crippen molar-refractivity contribution in [2.24, 2.45) is 0 Å². The van der Waals surface area contributed by atoms with E-state index in [9.17, 15) is 19.2 Å². The SMILES string of the molecule is COc1ccc(C=C2SC(=S)N(CCC(=O)NCCN3CCN(C(=O)CN4C(=O)C(=Cc5ccc(OC)c(OC)c5)SC4=S)CC3)C2=O)cc1OC. The minimum Gasteiger partial charge on any atom is -0.493 e. The van der Waals surface area contributed by atoms with Gasteiger partial charge in [0, 0.05) is 52.2 Å². The van der Waals surface area contributed by atoms with Crippen LogP contribution in [0.25, 0.3) is 12.2 Å². The van der Waals surface area contributed by atoms with Gasteiger partial charge in [-0.05, 0) is 47.5 Å². The van der Waals surface area contributed by atoms with E-state index in [1.54, 1.807) is 69.8 Å². The largest absolute Gasteiger partial charge is 0.493 e. The van der Waals surface area contributed by atoms with Gasteiger partial charge >= 0.3 is 0 Å². The van der Waals surface area contributed by atoms with E-state index in [4.69, 9.17) is 43.4 Å². The fourth-order valence-corrected chi connectivity index (χ4v) is 8.19. The highest BCUT2D eigenvalue weighted by atomic mass is 32.2. The zero-order chi connectivity index (χ0) is 37.4. The second-order valence-electron chi connectivity index (χ2n) is 11.7. The van der Waals surface area contributed by atoms with Gasteiger partial charge in [-0.15, -0.1) is 0 Å². The molecule has 52 heavy (non-hydrogen) atoms. The van der Waals surface area contributed by atoms with Crippen molar-refractivity contribution < 1.29 is 38.1 Å². The van der Waals surface area contributed by atoms with Crippen LogP contribution in [0.3, 0.4) is 0 Å². The molecule has 4 amide bonds. The van der Waals surface area contributed by atoms with Crippen LogP contribution in [0.1, 0.15) is 17.5 Å². The predicted molar refractivity (Wildman–Crippen MR) is 209 cm³/mol. The first-order valence-electron chi connectivity index (χ1n) is 16.3. The Balaban J connectivity index is 1.02. The highest BCUT2D eigenvalue weighted by Crippen LogP contribution is 2.36. The number of nitrogens with zero attached hydrogens (tertiary/aromatic N) is 4. The molecule has 2 aromatic rings. The van der Waals surface area contributed by atoms with E-state index in [1.807, 2.05) is 12.1 Å². The molecule has 0 radical (unpaired) electrons. The number of nitrogens with one attached hydrogen (secondary N) is 1. The number of thioether (sulfide) groups is 2. The molecule has 3 aliphatic rings. The van der Waals surface area contributed by atoms with Crippen LogP contribution in [0, 0.1) is 0 Å². The molecule has 3 saturated heterocycles. The fraction of sp³-hybridized carbons (Fsp3) is 0.371. The van der Waals surface area contributed by atoms with Crippen molar-refractivity contribution in [1.82, 2.24) is 24.9 Å². The molecule has 0 spiro atoms. The van der Waals surface area contributed by atoms with Gasteiger partial charge in [0.25, 0.3) is 11.8 Å². The zero-order valence-electron chi connectivity index (χ0n) is 29.2. The number of methoxy groups -OCH3 is 4. The molecule has 3 aliphatic heterocycles. The van der Waals surface area contributed by atoms with Crippen LogP contribution in [-0.4, -0.2) is 133 Å². The number of hydrogen-bond acceptors (Lipinski definition) is 13. The lowest BCUT2D eigenvalue weighted by atomic mass is 10.2. The summed E-state index contributed by atoms with van der Waals surface area (Å²) in [5.41, 5.74) is 1.51. The molecule has 5 rings (SSSR count). The number of piperazine rings is 1. The topological polar surface area (TPSA) is 130 Å². The molecule has 13 nitrogen and oxygen atoms in total. The Morgan fingerprint density at radius 2 is 1.23 bits per heavy atom. The van der Waals surface area contributed by atoms with Gasteiger partial charge in [-0.2, -0.15) is 0 Å². The average molecular weight is 786 g/mol. The molecule has 0 aromatic heterocycles. The Morgan fingerprint density at radius 1 is 0.731 bits per heavy atom. The lowest BCUT2D eigenvalue weighted by molar-refractivity contribution is -0.136. The van der Waals surface area contributed by atoms with Crippen LogP contribution in [0.4, 0.5) is 0 Å². The van der Waals surface area contributed by atoms with Gasteiger partial charge in [0.2, 0.25) is 11.8 Å². The first-order chi connectivity index (χ1) is 25.0. The maximum atomic E-state index is 13.2. The summed E-state index contributed by atoms with van der Waals surface area (Å²) in [7, 11) is 6.20. The van der Waals surface area contributed by atoms with Gasteiger partial charge in [0.1, 0.15) is 15.2 Å². The number of benzene rings is 2. The van der Waals surface area contributed by atoms with E-state index in [1.165, 1.54) is 21.6 Å². The van der Waals surface area contributed by atoms with Gasteiger partial charge in [-0.25, -0.2) is 0 Å². The van der Waals surface area contributed by atoms with E-state index in [0.29, 0.717) is 80.7 Å². The fourth-order valence-electron chi connectivity index (χ4n) is 5.63. The summed E-state index contributed by atoms with van der Waals surface area (Å²) in [4.78, 5) is 59.6. The van der Waals surface area contributed by atoms with Crippen LogP contribution in [0.2, 0.25) is 0 Å². The molecule has 1 N–H and O–H groups in total. The van der Waals surface area contributed by atoms with Crippen molar-refractivity contribution in [3.63, 3.8) is 0 Å². The molecule has 276 valence electrons. The molecular weight excluding hydrogens is 747 g/mol. The standard InChI is InChI=1S/C35H39N5O8S4/c1-45-24-7-5-22(17-26(24)47-3)19-28-32(43)39(34(49)51-28)11-9-30(41)36-10-12-37-13-15-38(16-14-37)31(42)21-40-33(44)29(52-35(40)50)20-23-6-8-25(46-2)27(18-23)48-4/h5-8,17-20H,9-16,21H2,1-4H3,(H,36,41). The normalized spacial score (nSPS) is 18.1. The van der Waals surface area contributed by atoms with Crippen LogP contribution in [0.15, 0.2) is 46.2 Å². The van der Waals surface area contributed by atoms with Crippen molar-refractivity contribution >= 4 is 92.4 Å². The third-order valence-electron chi connectivity index (χ3n) is 8.49. The molecule has 2 aromatic carbocycles. The van der Waals surface area contributed by atoms with Crippen molar-refractivity contribution in [3.05, 3.63) is 57.3 Å². The first-order valence-corrected chi connectivity index (χ1v) is 18.7. The summed E-state index contributed by atoms with van der Waals surface area (Å²) in [6, 6.07) is 10.7. The van der Waals surface area contributed by atoms with Gasteiger partial charge in [0.05, 0.1) is 38.2 Å². The van der Waals surface area contributed by atoms with E-state index in [0.717, 1.165) is 22.9 Å². The molecule has 0 atom stereocenters. The summed E-state index contributed by atoms with van der Waals surface area (Å²) in [5, 5.41) is 2.91. The first kappa shape index (κ1) is 39.1. The summed E-state index contributed by atoms with van der Waals surface area (Å²) in [5.74, 6) is 1.34. The number of rotatable bonds is 14. The van der Waals surface area contributed by atoms with Gasteiger partial charge in [0.15, 0.2) is 23.0 Å². The Morgan fingerprint density at radius 3 is 1.75 bits per heavy atom. The van der Waals surface area contributed by atoms with E-state index in [2.05, 4.69) is 10.2 Å². The van der Waals surface area contributed by atoms with Crippen LogP contribution in [0.5, 0.6) is 23.0 Å². The number of hydrogen-bond donors (Lipinski definition) is 1. The number of thiocarbonyl (C=S) groups is 2. The average Bonchev–Trinajstić information content (AvgIpc) is 3.57. The highest BCUT2D eigenvalue weighted by Gasteiger charge is 2.35. The lowest BCUT2D eigenvalue weighted by Gasteiger charge is -2.35. The van der Waals surface area contributed by atoms with Gasteiger partial charge in [-0.1, -0.05) is 60.1 Å². The van der Waals surface area contributed by atoms with Crippen LogP contribution in [-0.2, 0) is 19.2 Å². The third kappa shape index (κ3) is 9.43.